The number of hydrogen-bond donors (Lipinski definition) is 1. The number of benzene rings is 1. The van der Waals surface area contributed by atoms with Crippen molar-refractivity contribution < 1.29 is 9.53 Å². The van der Waals surface area contributed by atoms with E-state index in [1.54, 1.807) is 18.4 Å². The van der Waals surface area contributed by atoms with E-state index in [0.717, 1.165) is 61.5 Å². The van der Waals surface area contributed by atoms with Gasteiger partial charge in [0, 0.05) is 31.1 Å². The van der Waals surface area contributed by atoms with Gasteiger partial charge in [0.2, 0.25) is 5.91 Å². The quantitative estimate of drug-likeness (QED) is 0.836. The summed E-state index contributed by atoms with van der Waals surface area (Å²) in [6.07, 6.45) is 3.32. The van der Waals surface area contributed by atoms with Crippen molar-refractivity contribution in [2.75, 3.05) is 50.1 Å². The molecule has 1 aromatic carbocycles. The standard InChI is InChI=1S/C21H28N4O2S/c1-15-7-8-16-19(13-15)28-21(22-16)23-20(26)14-24-9-11-25(12-10-24)17-5-3-4-6-18(17)27-2/h3-6,15H,7-14H2,1-2H3,(H,22,23,26)/t15-/m1/s1. The van der Waals surface area contributed by atoms with Crippen molar-refractivity contribution in [2.24, 2.45) is 5.92 Å². The highest BCUT2D eigenvalue weighted by Gasteiger charge is 2.23. The van der Waals surface area contributed by atoms with E-state index in [4.69, 9.17) is 4.74 Å². The van der Waals surface area contributed by atoms with Gasteiger partial charge in [-0.1, -0.05) is 19.1 Å². The van der Waals surface area contributed by atoms with Crippen LogP contribution in [0.1, 0.15) is 23.9 Å². The van der Waals surface area contributed by atoms with Gasteiger partial charge in [0.15, 0.2) is 5.13 Å². The Morgan fingerprint density at radius 2 is 2.07 bits per heavy atom. The maximum absolute atomic E-state index is 12.5. The molecule has 0 bridgehead atoms. The number of methoxy groups -OCH3 is 1. The second kappa shape index (κ2) is 8.49. The number of carbonyl (C=O) groups is 1. The first kappa shape index (κ1) is 19.2. The lowest BCUT2D eigenvalue weighted by atomic mass is 9.93. The Bertz CT molecular complexity index is 830. The number of thiazole rings is 1. The Balaban J connectivity index is 1.28. The number of fused-ring (bicyclic) bond motifs is 1. The minimum atomic E-state index is 0.0323. The van der Waals surface area contributed by atoms with Gasteiger partial charge in [-0.2, -0.15) is 0 Å². The number of aryl methyl sites for hydroxylation is 1. The minimum absolute atomic E-state index is 0.0323. The Kier molecular flexibility index (Phi) is 5.82. The lowest BCUT2D eigenvalue weighted by Crippen LogP contribution is -2.48. The number of anilines is 2. The van der Waals surface area contributed by atoms with Gasteiger partial charge in [0.05, 0.1) is 25.0 Å². The van der Waals surface area contributed by atoms with Crippen LogP contribution in [0.3, 0.4) is 0 Å². The van der Waals surface area contributed by atoms with Gasteiger partial charge in [0.25, 0.3) is 0 Å². The first-order valence-electron chi connectivity index (χ1n) is 10.0. The summed E-state index contributed by atoms with van der Waals surface area (Å²) in [4.78, 5) is 23.0. The number of rotatable bonds is 5. The van der Waals surface area contributed by atoms with Crippen molar-refractivity contribution in [1.29, 1.82) is 0 Å². The van der Waals surface area contributed by atoms with Crippen molar-refractivity contribution in [1.82, 2.24) is 9.88 Å². The van der Waals surface area contributed by atoms with E-state index in [-0.39, 0.29) is 5.91 Å². The molecule has 28 heavy (non-hydrogen) atoms. The number of nitrogens with one attached hydrogen (secondary N) is 1. The number of nitrogens with zero attached hydrogens (tertiary/aromatic N) is 3. The van der Waals surface area contributed by atoms with Crippen LogP contribution < -0.4 is 15.0 Å². The van der Waals surface area contributed by atoms with Crippen molar-refractivity contribution in [3.8, 4) is 5.75 Å². The van der Waals surface area contributed by atoms with Crippen molar-refractivity contribution in [3.05, 3.63) is 34.8 Å². The van der Waals surface area contributed by atoms with Crippen LogP contribution in [0.2, 0.25) is 0 Å². The van der Waals surface area contributed by atoms with Gasteiger partial charge in [-0.15, -0.1) is 11.3 Å². The Labute approximate surface area is 170 Å². The zero-order valence-corrected chi connectivity index (χ0v) is 17.4. The molecular formula is C21H28N4O2S. The zero-order chi connectivity index (χ0) is 19.5. The summed E-state index contributed by atoms with van der Waals surface area (Å²) in [5.74, 6) is 1.65. The molecule has 1 aliphatic heterocycles. The molecule has 2 heterocycles. The van der Waals surface area contributed by atoms with Crippen LogP contribution in [-0.2, 0) is 17.6 Å². The second-order valence-electron chi connectivity index (χ2n) is 7.72. The van der Waals surface area contributed by atoms with E-state index in [9.17, 15) is 4.79 Å². The molecule has 0 saturated carbocycles. The monoisotopic (exact) mass is 400 g/mol. The third-order valence-electron chi connectivity index (χ3n) is 5.60. The summed E-state index contributed by atoms with van der Waals surface area (Å²) in [5, 5.41) is 3.78. The number of amides is 1. The molecule has 1 N–H and O–H groups in total. The number of carbonyl (C=O) groups excluding carboxylic acids is 1. The van der Waals surface area contributed by atoms with E-state index < -0.39 is 0 Å². The first-order valence-corrected chi connectivity index (χ1v) is 10.8. The van der Waals surface area contributed by atoms with Gasteiger partial charge in [-0.25, -0.2) is 4.98 Å². The van der Waals surface area contributed by atoms with Gasteiger partial charge < -0.3 is 15.0 Å². The van der Waals surface area contributed by atoms with Crippen LogP contribution in [0.4, 0.5) is 10.8 Å². The van der Waals surface area contributed by atoms with Gasteiger partial charge in [-0.3, -0.25) is 9.69 Å². The molecule has 150 valence electrons. The Hall–Kier alpha value is -2.12. The molecule has 2 aromatic rings. The van der Waals surface area contributed by atoms with Crippen LogP contribution >= 0.6 is 11.3 Å². The second-order valence-corrected chi connectivity index (χ2v) is 8.80. The molecule has 0 unspecified atom stereocenters. The fourth-order valence-electron chi connectivity index (χ4n) is 3.99. The topological polar surface area (TPSA) is 57.7 Å². The number of ether oxygens (including phenoxy) is 1. The van der Waals surface area contributed by atoms with Gasteiger partial charge in [0.1, 0.15) is 5.75 Å². The summed E-state index contributed by atoms with van der Waals surface area (Å²) in [6.45, 7) is 6.19. The number of aromatic nitrogens is 1. The highest BCUT2D eigenvalue weighted by molar-refractivity contribution is 7.15. The van der Waals surface area contributed by atoms with E-state index in [0.29, 0.717) is 6.54 Å². The van der Waals surface area contributed by atoms with E-state index in [1.807, 2.05) is 18.2 Å². The Morgan fingerprint density at radius 3 is 2.86 bits per heavy atom. The predicted octanol–water partition coefficient (Wildman–Crippen LogP) is 3.04. The van der Waals surface area contributed by atoms with Gasteiger partial charge in [-0.05, 0) is 37.3 Å². The van der Waals surface area contributed by atoms with Gasteiger partial charge >= 0.3 is 0 Å². The molecule has 6 nitrogen and oxygen atoms in total. The summed E-state index contributed by atoms with van der Waals surface area (Å²) in [5.41, 5.74) is 2.31. The molecule has 2 aliphatic rings. The molecule has 1 fully saturated rings. The number of piperazine rings is 1. The van der Waals surface area contributed by atoms with Crippen LogP contribution in [-0.4, -0.2) is 55.6 Å². The zero-order valence-electron chi connectivity index (χ0n) is 16.6. The highest BCUT2D eigenvalue weighted by Crippen LogP contribution is 2.32. The third kappa shape index (κ3) is 4.31. The lowest BCUT2D eigenvalue weighted by molar-refractivity contribution is -0.117. The Morgan fingerprint density at radius 1 is 1.29 bits per heavy atom. The summed E-state index contributed by atoms with van der Waals surface area (Å²) in [6, 6.07) is 8.10. The van der Waals surface area contributed by atoms with E-state index in [1.165, 1.54) is 17.0 Å². The van der Waals surface area contributed by atoms with Crippen LogP contribution in [0.25, 0.3) is 0 Å². The number of para-hydroxylation sites is 2. The third-order valence-corrected chi connectivity index (χ3v) is 6.63. The van der Waals surface area contributed by atoms with Crippen molar-refractivity contribution in [2.45, 2.75) is 26.2 Å². The smallest absolute Gasteiger partial charge is 0.240 e. The molecule has 1 aliphatic carbocycles. The molecule has 1 saturated heterocycles. The fourth-order valence-corrected chi connectivity index (χ4v) is 5.18. The summed E-state index contributed by atoms with van der Waals surface area (Å²) >= 11 is 1.65. The van der Waals surface area contributed by atoms with Crippen molar-refractivity contribution >= 4 is 28.1 Å². The average molecular weight is 401 g/mol. The maximum Gasteiger partial charge on any atom is 0.240 e. The molecule has 4 rings (SSSR count). The molecule has 1 amide bonds. The summed E-state index contributed by atoms with van der Waals surface area (Å²) < 4.78 is 5.47. The average Bonchev–Trinajstić information content (AvgIpc) is 3.09. The summed E-state index contributed by atoms with van der Waals surface area (Å²) in [7, 11) is 1.70. The van der Waals surface area contributed by atoms with Crippen molar-refractivity contribution in [3.63, 3.8) is 0 Å². The minimum Gasteiger partial charge on any atom is -0.495 e. The van der Waals surface area contributed by atoms with Crippen LogP contribution in [0, 0.1) is 5.92 Å². The SMILES string of the molecule is COc1ccccc1N1CCN(CC(=O)Nc2nc3c(s2)C[C@H](C)CC3)CC1. The molecule has 0 radical (unpaired) electrons. The molecule has 7 heteroatoms. The number of hydrogen-bond acceptors (Lipinski definition) is 6. The lowest BCUT2D eigenvalue weighted by Gasteiger charge is -2.36. The molecular weight excluding hydrogens is 372 g/mol. The van der Waals surface area contributed by atoms with E-state index in [2.05, 4.69) is 33.1 Å². The largest absolute Gasteiger partial charge is 0.495 e. The fraction of sp³-hybridized carbons (Fsp3) is 0.524. The molecule has 1 atom stereocenters. The highest BCUT2D eigenvalue weighted by atomic mass is 32.1. The molecule has 0 spiro atoms. The predicted molar refractivity (Wildman–Crippen MR) is 114 cm³/mol. The van der Waals surface area contributed by atoms with Crippen LogP contribution in [0.15, 0.2) is 24.3 Å². The molecule has 1 aromatic heterocycles. The maximum atomic E-state index is 12.5. The van der Waals surface area contributed by atoms with E-state index >= 15 is 0 Å². The van der Waals surface area contributed by atoms with Crippen LogP contribution in [0.5, 0.6) is 5.75 Å². The normalized spacial score (nSPS) is 19.9. The first-order chi connectivity index (χ1) is 13.6.